The molecule has 1 fully saturated rings. The number of hydrogen-bond donors (Lipinski definition) is 2. The Kier molecular flexibility index (Phi) is 8.40. The van der Waals surface area contributed by atoms with Gasteiger partial charge in [-0.15, -0.1) is 0 Å². The minimum atomic E-state index is -0.853. The lowest BCUT2D eigenvalue weighted by Gasteiger charge is -2.35. The fourth-order valence-electron chi connectivity index (χ4n) is 5.30. The lowest BCUT2D eigenvalue weighted by molar-refractivity contribution is -0.142. The Balaban J connectivity index is 1.14. The third-order valence-corrected chi connectivity index (χ3v) is 7.04. The second kappa shape index (κ2) is 11.9. The molecule has 35 heavy (non-hydrogen) atoms. The van der Waals surface area contributed by atoms with E-state index in [9.17, 15) is 14.4 Å². The maximum atomic E-state index is 12.6. The lowest BCUT2D eigenvalue weighted by Crippen LogP contribution is -2.44. The molecular weight excluding hydrogens is 444 g/mol. The molecular formula is C28H34N2O5. The Labute approximate surface area is 206 Å². The highest BCUT2D eigenvalue weighted by atomic mass is 16.5. The summed E-state index contributed by atoms with van der Waals surface area (Å²) in [6.45, 7) is 1.44. The number of unbranched alkanes of at least 4 members (excludes halogenated alkanes) is 2. The molecule has 0 saturated carbocycles. The molecule has 1 heterocycles. The highest BCUT2D eigenvalue weighted by Crippen LogP contribution is 2.44. The maximum absolute atomic E-state index is 12.6. The van der Waals surface area contributed by atoms with Gasteiger partial charge in [0.2, 0.25) is 5.91 Å². The molecule has 0 spiro atoms. The predicted octanol–water partition coefficient (Wildman–Crippen LogP) is 4.94. The summed E-state index contributed by atoms with van der Waals surface area (Å²) in [5, 5.41) is 11.9. The first kappa shape index (κ1) is 24.8. The topological polar surface area (TPSA) is 95.9 Å². The number of alkyl carbamates (subject to hydrolysis) is 1. The van der Waals surface area contributed by atoms with Crippen LogP contribution < -0.4 is 5.32 Å². The van der Waals surface area contributed by atoms with Gasteiger partial charge in [-0.3, -0.25) is 9.59 Å². The fraction of sp³-hybridized carbons (Fsp3) is 0.464. The van der Waals surface area contributed by atoms with Crippen LogP contribution in [0.1, 0.15) is 68.4 Å². The first-order valence-corrected chi connectivity index (χ1v) is 12.6. The van der Waals surface area contributed by atoms with Gasteiger partial charge in [0.1, 0.15) is 6.61 Å². The summed E-state index contributed by atoms with van der Waals surface area (Å²) >= 11 is 0. The zero-order valence-corrected chi connectivity index (χ0v) is 20.1. The van der Waals surface area contributed by atoms with Crippen molar-refractivity contribution in [2.75, 3.05) is 19.7 Å². The van der Waals surface area contributed by atoms with E-state index in [0.717, 1.165) is 38.5 Å². The van der Waals surface area contributed by atoms with Crippen LogP contribution in [-0.2, 0) is 14.3 Å². The van der Waals surface area contributed by atoms with Crippen molar-refractivity contribution in [3.63, 3.8) is 0 Å². The number of aliphatic carboxylic acids is 1. The molecule has 7 nitrogen and oxygen atoms in total. The Hall–Kier alpha value is -3.35. The molecule has 0 aromatic heterocycles. The van der Waals surface area contributed by atoms with Crippen LogP contribution in [0, 0.1) is 0 Å². The number of carboxylic acids is 1. The normalized spacial score (nSPS) is 16.9. The molecule has 1 unspecified atom stereocenters. The fourth-order valence-corrected chi connectivity index (χ4v) is 5.30. The van der Waals surface area contributed by atoms with E-state index in [-0.39, 0.29) is 24.3 Å². The first-order chi connectivity index (χ1) is 17.0. The molecule has 1 atom stereocenters. The number of rotatable bonds is 10. The number of carbonyl (C=O) groups excluding carboxylic acids is 2. The van der Waals surface area contributed by atoms with Gasteiger partial charge in [-0.25, -0.2) is 4.79 Å². The SMILES string of the molecule is O=C(O)CC1CCCCN1C(=O)CCCCCNC(=O)OCC1c2ccccc2-c2ccccc21. The van der Waals surface area contributed by atoms with E-state index < -0.39 is 12.1 Å². The highest BCUT2D eigenvalue weighted by molar-refractivity contribution is 5.79. The molecule has 4 rings (SSSR count). The number of fused-ring (bicyclic) bond motifs is 3. The number of likely N-dealkylation sites (tertiary alicyclic amines) is 1. The number of carboxylic acid groups (broad SMARTS) is 1. The Morgan fingerprint density at radius 1 is 0.943 bits per heavy atom. The van der Waals surface area contributed by atoms with Crippen LogP contribution >= 0.6 is 0 Å². The molecule has 1 aliphatic carbocycles. The molecule has 2 aromatic carbocycles. The molecule has 2 amide bonds. The van der Waals surface area contributed by atoms with Crippen molar-refractivity contribution < 1.29 is 24.2 Å². The van der Waals surface area contributed by atoms with Crippen LogP contribution in [-0.4, -0.2) is 53.7 Å². The zero-order chi connectivity index (χ0) is 24.6. The van der Waals surface area contributed by atoms with Gasteiger partial charge < -0.3 is 20.1 Å². The van der Waals surface area contributed by atoms with E-state index in [4.69, 9.17) is 9.84 Å². The molecule has 2 aliphatic rings. The van der Waals surface area contributed by atoms with Crippen molar-refractivity contribution in [3.05, 3.63) is 59.7 Å². The molecule has 0 bridgehead atoms. The molecule has 1 aliphatic heterocycles. The third-order valence-electron chi connectivity index (χ3n) is 7.04. The van der Waals surface area contributed by atoms with Crippen molar-refractivity contribution in [2.24, 2.45) is 0 Å². The average molecular weight is 479 g/mol. The monoisotopic (exact) mass is 478 g/mol. The number of ether oxygens (including phenoxy) is 1. The lowest BCUT2D eigenvalue weighted by atomic mass is 9.98. The number of amides is 2. The van der Waals surface area contributed by atoms with E-state index in [1.807, 2.05) is 24.3 Å². The second-order valence-electron chi connectivity index (χ2n) is 9.40. The molecule has 2 N–H and O–H groups in total. The number of hydrogen-bond acceptors (Lipinski definition) is 4. The van der Waals surface area contributed by atoms with Crippen LogP contribution in [0.4, 0.5) is 4.79 Å². The molecule has 2 aromatic rings. The van der Waals surface area contributed by atoms with Gasteiger partial charge in [-0.1, -0.05) is 55.0 Å². The summed E-state index contributed by atoms with van der Waals surface area (Å²) in [7, 11) is 0. The smallest absolute Gasteiger partial charge is 0.407 e. The first-order valence-electron chi connectivity index (χ1n) is 12.6. The van der Waals surface area contributed by atoms with Gasteiger partial charge in [0.15, 0.2) is 0 Å². The zero-order valence-electron chi connectivity index (χ0n) is 20.1. The highest BCUT2D eigenvalue weighted by Gasteiger charge is 2.29. The minimum absolute atomic E-state index is 0.0236. The quantitative estimate of drug-likeness (QED) is 0.472. The Morgan fingerprint density at radius 2 is 1.63 bits per heavy atom. The number of nitrogens with one attached hydrogen (secondary N) is 1. The largest absolute Gasteiger partial charge is 0.481 e. The molecule has 0 radical (unpaired) electrons. The summed E-state index contributed by atoms with van der Waals surface area (Å²) in [6, 6.07) is 16.3. The van der Waals surface area contributed by atoms with Gasteiger partial charge in [0.05, 0.1) is 6.42 Å². The van der Waals surface area contributed by atoms with Crippen LogP contribution in [0.5, 0.6) is 0 Å². The summed E-state index contributed by atoms with van der Waals surface area (Å²) in [6.07, 6.45) is 4.99. The van der Waals surface area contributed by atoms with E-state index in [1.54, 1.807) is 4.90 Å². The molecule has 186 valence electrons. The van der Waals surface area contributed by atoms with Crippen molar-refractivity contribution in [1.82, 2.24) is 10.2 Å². The van der Waals surface area contributed by atoms with Gasteiger partial charge in [-0.05, 0) is 54.4 Å². The second-order valence-corrected chi connectivity index (χ2v) is 9.40. The predicted molar refractivity (Wildman–Crippen MR) is 133 cm³/mol. The number of benzene rings is 2. The van der Waals surface area contributed by atoms with Gasteiger partial charge in [-0.2, -0.15) is 0 Å². The number of piperidine rings is 1. The summed E-state index contributed by atoms with van der Waals surface area (Å²) in [5.74, 6) is -0.770. The standard InChI is InChI=1S/C28H34N2O5/c31-26(30-17-9-7-10-20(30)18-27(32)33)15-2-1-8-16-29-28(34)35-19-25-23-13-5-3-11-21(23)22-12-4-6-14-24(22)25/h3-6,11-14,20,25H,1-2,7-10,15-19H2,(H,29,34)(H,32,33). The van der Waals surface area contributed by atoms with Crippen molar-refractivity contribution in [2.45, 2.75) is 63.3 Å². The number of carbonyl (C=O) groups is 3. The van der Waals surface area contributed by atoms with E-state index in [0.29, 0.717) is 26.1 Å². The Morgan fingerprint density at radius 3 is 2.31 bits per heavy atom. The van der Waals surface area contributed by atoms with Crippen LogP contribution in [0.3, 0.4) is 0 Å². The van der Waals surface area contributed by atoms with E-state index in [1.165, 1.54) is 22.3 Å². The van der Waals surface area contributed by atoms with E-state index >= 15 is 0 Å². The Bertz CT molecular complexity index is 1010. The third kappa shape index (κ3) is 6.21. The van der Waals surface area contributed by atoms with Gasteiger partial charge in [0.25, 0.3) is 0 Å². The average Bonchev–Trinajstić information content (AvgIpc) is 3.18. The van der Waals surface area contributed by atoms with Crippen LogP contribution in [0.15, 0.2) is 48.5 Å². The summed E-state index contributed by atoms with van der Waals surface area (Å²) in [5.41, 5.74) is 4.77. The van der Waals surface area contributed by atoms with Crippen molar-refractivity contribution >= 4 is 18.0 Å². The van der Waals surface area contributed by atoms with Gasteiger partial charge in [0, 0.05) is 31.5 Å². The maximum Gasteiger partial charge on any atom is 0.407 e. The van der Waals surface area contributed by atoms with Crippen molar-refractivity contribution in [1.29, 1.82) is 0 Å². The molecule has 7 heteroatoms. The van der Waals surface area contributed by atoms with Crippen LogP contribution in [0.2, 0.25) is 0 Å². The minimum Gasteiger partial charge on any atom is -0.481 e. The van der Waals surface area contributed by atoms with Crippen LogP contribution in [0.25, 0.3) is 11.1 Å². The van der Waals surface area contributed by atoms with E-state index in [2.05, 4.69) is 29.6 Å². The summed E-state index contributed by atoms with van der Waals surface area (Å²) < 4.78 is 5.55. The van der Waals surface area contributed by atoms with Gasteiger partial charge >= 0.3 is 12.1 Å². The summed E-state index contributed by atoms with van der Waals surface area (Å²) in [4.78, 5) is 37.6. The number of nitrogens with zero attached hydrogens (tertiary/aromatic N) is 1. The molecule has 1 saturated heterocycles. The van der Waals surface area contributed by atoms with Crippen molar-refractivity contribution in [3.8, 4) is 11.1 Å².